The van der Waals surface area contributed by atoms with Crippen LogP contribution >= 0.6 is 0 Å². The molecular weight excluding hydrogens is 224 g/mol. The highest BCUT2D eigenvalue weighted by molar-refractivity contribution is 5.78. The molecule has 4 heteroatoms. The van der Waals surface area contributed by atoms with Gasteiger partial charge in [-0.15, -0.1) is 0 Å². The Bertz CT molecular complexity index is 687. The number of benzene rings is 1. The summed E-state index contributed by atoms with van der Waals surface area (Å²) in [4.78, 5) is 8.70. The summed E-state index contributed by atoms with van der Waals surface area (Å²) in [5.74, 6) is 0. The molecule has 18 heavy (non-hydrogen) atoms. The maximum Gasteiger partial charge on any atom is 0.0947 e. The average Bonchev–Trinajstić information content (AvgIpc) is 2.84. The number of aromatic nitrogens is 3. The lowest BCUT2D eigenvalue weighted by molar-refractivity contribution is 0.831. The summed E-state index contributed by atoms with van der Waals surface area (Å²) in [6.45, 7) is 0. The van der Waals surface area contributed by atoms with E-state index < -0.39 is 0 Å². The van der Waals surface area contributed by atoms with E-state index in [0.717, 1.165) is 22.2 Å². The molecule has 1 aromatic carbocycles. The second kappa shape index (κ2) is 4.23. The Balaban J connectivity index is 2.03. The number of hydrogen-bond donors (Lipinski definition) is 1. The molecule has 0 saturated carbocycles. The van der Waals surface area contributed by atoms with Crippen molar-refractivity contribution in [2.24, 2.45) is 12.8 Å². The van der Waals surface area contributed by atoms with Crippen LogP contribution in [0.25, 0.3) is 10.9 Å². The topological polar surface area (TPSA) is 56.7 Å². The zero-order valence-electron chi connectivity index (χ0n) is 10.1. The van der Waals surface area contributed by atoms with Crippen LogP contribution in [0.2, 0.25) is 0 Å². The Labute approximate surface area is 105 Å². The summed E-state index contributed by atoms with van der Waals surface area (Å²) in [7, 11) is 1.93. The molecule has 0 aliphatic heterocycles. The molecule has 0 amide bonds. The van der Waals surface area contributed by atoms with Crippen molar-refractivity contribution in [1.29, 1.82) is 0 Å². The number of nitrogens with zero attached hydrogens (tertiary/aromatic N) is 3. The van der Waals surface area contributed by atoms with Crippen LogP contribution in [0.1, 0.15) is 17.3 Å². The number of fused-ring (bicyclic) bond motifs is 1. The maximum absolute atomic E-state index is 6.20. The van der Waals surface area contributed by atoms with Gasteiger partial charge in [0.05, 0.1) is 23.6 Å². The molecule has 1 atom stereocenters. The highest BCUT2D eigenvalue weighted by Gasteiger charge is 2.12. The lowest BCUT2D eigenvalue weighted by atomic mass is 10.1. The van der Waals surface area contributed by atoms with E-state index in [4.69, 9.17) is 5.73 Å². The summed E-state index contributed by atoms with van der Waals surface area (Å²) in [5.41, 5.74) is 9.02. The second-order valence-corrected chi connectivity index (χ2v) is 4.40. The molecule has 0 saturated heterocycles. The molecule has 2 N–H and O–H groups in total. The molecule has 90 valence electrons. The molecule has 0 fully saturated rings. The monoisotopic (exact) mass is 238 g/mol. The number of pyridine rings is 1. The van der Waals surface area contributed by atoms with Crippen LogP contribution in [-0.2, 0) is 7.05 Å². The lowest BCUT2D eigenvalue weighted by Gasteiger charge is -2.09. The highest BCUT2D eigenvalue weighted by atomic mass is 15.0. The molecule has 2 aromatic heterocycles. The number of aryl methyl sites for hydroxylation is 1. The minimum Gasteiger partial charge on any atom is -0.340 e. The molecule has 0 bridgehead atoms. The summed E-state index contributed by atoms with van der Waals surface area (Å²) in [6, 6.07) is 9.85. The molecule has 4 nitrogen and oxygen atoms in total. The molecule has 1 unspecified atom stereocenters. The van der Waals surface area contributed by atoms with Crippen LogP contribution in [0.15, 0.2) is 49.1 Å². The van der Waals surface area contributed by atoms with Crippen molar-refractivity contribution < 1.29 is 0 Å². The molecule has 0 aliphatic rings. The Morgan fingerprint density at radius 2 is 2.06 bits per heavy atom. The molecule has 0 spiro atoms. The number of nitrogens with two attached hydrogens (primary N) is 1. The van der Waals surface area contributed by atoms with Gasteiger partial charge < -0.3 is 10.3 Å². The number of hydrogen-bond acceptors (Lipinski definition) is 3. The molecule has 0 radical (unpaired) electrons. The number of para-hydroxylation sites is 1. The largest absolute Gasteiger partial charge is 0.340 e. The predicted octanol–water partition coefficient (Wildman–Crippen LogP) is 2.02. The summed E-state index contributed by atoms with van der Waals surface area (Å²) >= 11 is 0. The Hall–Kier alpha value is -2.20. The van der Waals surface area contributed by atoms with Gasteiger partial charge in [0.15, 0.2) is 0 Å². The first-order chi connectivity index (χ1) is 8.74. The first kappa shape index (κ1) is 10.9. The zero-order chi connectivity index (χ0) is 12.5. The van der Waals surface area contributed by atoms with Gasteiger partial charge in [-0.1, -0.05) is 18.2 Å². The van der Waals surface area contributed by atoms with Gasteiger partial charge >= 0.3 is 0 Å². The third-order valence-corrected chi connectivity index (χ3v) is 3.01. The van der Waals surface area contributed by atoms with Crippen LogP contribution < -0.4 is 5.73 Å². The van der Waals surface area contributed by atoms with E-state index in [2.05, 4.69) is 16.0 Å². The van der Waals surface area contributed by atoms with Crippen LogP contribution in [0.4, 0.5) is 0 Å². The molecule has 3 rings (SSSR count). The Kier molecular flexibility index (Phi) is 2.57. The fraction of sp³-hybridized carbons (Fsp3) is 0.143. The predicted molar refractivity (Wildman–Crippen MR) is 71.0 cm³/mol. The van der Waals surface area contributed by atoms with Gasteiger partial charge in [-0.05, 0) is 17.7 Å². The molecule has 3 aromatic rings. The van der Waals surface area contributed by atoms with Crippen molar-refractivity contribution in [3.63, 3.8) is 0 Å². The van der Waals surface area contributed by atoms with Crippen molar-refractivity contribution in [3.05, 3.63) is 60.3 Å². The lowest BCUT2D eigenvalue weighted by Crippen LogP contribution is -2.12. The zero-order valence-corrected chi connectivity index (χ0v) is 10.1. The summed E-state index contributed by atoms with van der Waals surface area (Å²) in [6.07, 6.45) is 5.51. The quantitative estimate of drug-likeness (QED) is 0.743. The standard InChI is InChI=1S/C14H14N4/c1-18-8-13(17-9-18)14(15)11-6-10-4-2-3-5-12(10)16-7-11/h2-9,14H,15H2,1H3. The molecule has 0 aliphatic carbocycles. The maximum atomic E-state index is 6.20. The van der Waals surface area contributed by atoms with E-state index in [-0.39, 0.29) is 6.04 Å². The summed E-state index contributed by atoms with van der Waals surface area (Å²) in [5, 5.41) is 1.10. The van der Waals surface area contributed by atoms with Crippen LogP contribution in [0.3, 0.4) is 0 Å². The van der Waals surface area contributed by atoms with E-state index in [0.29, 0.717) is 0 Å². The van der Waals surface area contributed by atoms with E-state index in [1.807, 2.05) is 48.3 Å². The van der Waals surface area contributed by atoms with Crippen LogP contribution in [0, 0.1) is 0 Å². The fourth-order valence-corrected chi connectivity index (χ4v) is 2.02. The minimum atomic E-state index is -0.233. The molecule has 2 heterocycles. The normalized spacial score (nSPS) is 12.8. The number of rotatable bonds is 2. The SMILES string of the molecule is Cn1cnc(C(N)c2cnc3ccccc3c2)c1. The van der Waals surface area contributed by atoms with Crippen LogP contribution in [0.5, 0.6) is 0 Å². The van der Waals surface area contributed by atoms with Gasteiger partial charge in [-0.25, -0.2) is 4.98 Å². The fourth-order valence-electron chi connectivity index (χ4n) is 2.02. The second-order valence-electron chi connectivity index (χ2n) is 4.40. The highest BCUT2D eigenvalue weighted by Crippen LogP contribution is 2.20. The van der Waals surface area contributed by atoms with Gasteiger partial charge in [0.2, 0.25) is 0 Å². The van der Waals surface area contributed by atoms with Gasteiger partial charge in [0.25, 0.3) is 0 Å². The average molecular weight is 238 g/mol. The van der Waals surface area contributed by atoms with Crippen molar-refractivity contribution in [2.75, 3.05) is 0 Å². The minimum absolute atomic E-state index is 0.233. The van der Waals surface area contributed by atoms with Crippen molar-refractivity contribution in [1.82, 2.24) is 14.5 Å². The third-order valence-electron chi connectivity index (χ3n) is 3.01. The van der Waals surface area contributed by atoms with Gasteiger partial charge in [0.1, 0.15) is 0 Å². The van der Waals surface area contributed by atoms with Crippen molar-refractivity contribution >= 4 is 10.9 Å². The van der Waals surface area contributed by atoms with Crippen molar-refractivity contribution in [3.8, 4) is 0 Å². The van der Waals surface area contributed by atoms with Gasteiger partial charge in [-0.2, -0.15) is 0 Å². The van der Waals surface area contributed by atoms with Gasteiger partial charge in [-0.3, -0.25) is 4.98 Å². The van der Waals surface area contributed by atoms with E-state index in [9.17, 15) is 0 Å². The first-order valence-corrected chi connectivity index (χ1v) is 5.82. The summed E-state index contributed by atoms with van der Waals surface area (Å²) < 4.78 is 1.89. The Morgan fingerprint density at radius 1 is 1.22 bits per heavy atom. The van der Waals surface area contributed by atoms with Gasteiger partial charge in [0, 0.05) is 24.8 Å². The number of imidazole rings is 1. The third kappa shape index (κ3) is 1.87. The van der Waals surface area contributed by atoms with Crippen LogP contribution in [-0.4, -0.2) is 14.5 Å². The smallest absolute Gasteiger partial charge is 0.0947 e. The Morgan fingerprint density at radius 3 is 2.83 bits per heavy atom. The van der Waals surface area contributed by atoms with E-state index >= 15 is 0 Å². The molecular formula is C14H14N4. The van der Waals surface area contributed by atoms with Crippen molar-refractivity contribution in [2.45, 2.75) is 6.04 Å². The van der Waals surface area contributed by atoms with E-state index in [1.54, 1.807) is 6.33 Å². The van der Waals surface area contributed by atoms with E-state index in [1.165, 1.54) is 0 Å². The first-order valence-electron chi connectivity index (χ1n) is 5.82.